The Morgan fingerprint density at radius 2 is 1.70 bits per heavy atom. The van der Waals surface area contributed by atoms with E-state index < -0.39 is 36.4 Å². The van der Waals surface area contributed by atoms with Crippen LogP contribution in [0, 0.1) is 11.6 Å². The Morgan fingerprint density at radius 3 is 2.32 bits per heavy atom. The molecule has 0 radical (unpaired) electrons. The van der Waals surface area contributed by atoms with Crippen molar-refractivity contribution in [1.82, 2.24) is 9.88 Å². The smallest absolute Gasteiger partial charge is 0.254 e. The lowest BCUT2D eigenvalue weighted by atomic mass is 10.1. The molecule has 1 aromatic carbocycles. The first-order valence-electron chi connectivity index (χ1n) is 15.2. The highest BCUT2D eigenvalue weighted by molar-refractivity contribution is 6.32. The van der Waals surface area contributed by atoms with Crippen molar-refractivity contribution in [3.05, 3.63) is 46.0 Å². The molecule has 1 aromatic heterocycles. The minimum absolute atomic E-state index is 0.0381. The van der Waals surface area contributed by atoms with E-state index in [9.17, 15) is 18.7 Å². The zero-order chi connectivity index (χ0) is 32.8. The number of amides is 1. The second-order valence-corrected chi connectivity index (χ2v) is 9.61. The predicted molar refractivity (Wildman–Crippen MR) is 167 cm³/mol. The van der Waals surface area contributed by atoms with Crippen LogP contribution in [0.3, 0.4) is 0 Å². The maximum atomic E-state index is 14.7. The number of aliphatic imine (C=N–C) groups is 1. The third-order valence-electron chi connectivity index (χ3n) is 6.75. The number of aliphatic hydroxyl groups is 1. The largest absolute Gasteiger partial charge is 0.471 e. The number of likely N-dealkylation sites (tertiary alicyclic amines) is 1. The second kappa shape index (κ2) is 18.8. The van der Waals surface area contributed by atoms with Gasteiger partial charge in [-0.15, -0.1) is 0 Å². The Kier molecular flexibility index (Phi) is 15.9. The molecule has 1 amide bonds. The number of fused-ring (bicyclic) bond motifs is 1. The number of halogens is 3. The molecule has 4 atom stereocenters. The van der Waals surface area contributed by atoms with Gasteiger partial charge in [0.25, 0.3) is 5.91 Å². The molecule has 0 aliphatic carbocycles. The van der Waals surface area contributed by atoms with Crippen LogP contribution in [-0.2, 0) is 20.8 Å². The van der Waals surface area contributed by atoms with Crippen LogP contribution in [0.15, 0.2) is 23.2 Å². The third kappa shape index (κ3) is 9.07. The van der Waals surface area contributed by atoms with E-state index in [0.717, 1.165) is 25.0 Å². The zero-order valence-electron chi connectivity index (χ0n) is 26.4. The van der Waals surface area contributed by atoms with Crippen molar-refractivity contribution in [2.24, 2.45) is 4.99 Å². The summed E-state index contributed by atoms with van der Waals surface area (Å²) in [5, 5.41) is 12.9. The summed E-state index contributed by atoms with van der Waals surface area (Å²) in [7, 11) is 0. The molecule has 5 rings (SSSR count). The van der Waals surface area contributed by atoms with Gasteiger partial charge in [0, 0.05) is 18.7 Å². The van der Waals surface area contributed by atoms with Gasteiger partial charge < -0.3 is 34.3 Å². The van der Waals surface area contributed by atoms with Crippen molar-refractivity contribution in [3.63, 3.8) is 0 Å². The van der Waals surface area contributed by atoms with Crippen molar-refractivity contribution in [2.75, 3.05) is 38.4 Å². The van der Waals surface area contributed by atoms with E-state index in [0.29, 0.717) is 18.8 Å². The monoisotopic (exact) mass is 642 g/mol. The molecule has 2 aromatic rings. The highest BCUT2D eigenvalue weighted by Gasteiger charge is 2.47. The molecule has 3 aliphatic rings. The summed E-state index contributed by atoms with van der Waals surface area (Å²) in [5.74, 6) is -2.18. The number of aromatic nitrogens is 1. The van der Waals surface area contributed by atoms with Gasteiger partial charge in [0.1, 0.15) is 54.4 Å². The molecular formula is C31H45ClF2N4O6. The van der Waals surface area contributed by atoms with Gasteiger partial charge in [-0.2, -0.15) is 4.98 Å². The van der Waals surface area contributed by atoms with E-state index in [1.807, 2.05) is 41.5 Å². The maximum absolute atomic E-state index is 14.7. The van der Waals surface area contributed by atoms with E-state index in [1.165, 1.54) is 6.07 Å². The Bertz CT molecular complexity index is 1190. The molecule has 2 N–H and O–H groups in total. The molecule has 44 heavy (non-hydrogen) atoms. The molecule has 3 fully saturated rings. The lowest BCUT2D eigenvalue weighted by molar-refractivity contribution is -0.0311. The average Bonchev–Trinajstić information content (AvgIpc) is 3.81. The van der Waals surface area contributed by atoms with E-state index >= 15 is 0 Å². The Hall–Kier alpha value is -2.90. The average molecular weight is 643 g/mol. The van der Waals surface area contributed by atoms with E-state index in [1.54, 1.807) is 4.90 Å². The minimum Gasteiger partial charge on any atom is -0.471 e. The van der Waals surface area contributed by atoms with Gasteiger partial charge in [-0.3, -0.25) is 4.79 Å². The number of anilines is 1. The number of carbonyl (C=O) groups excluding carboxylic acids is 1. The van der Waals surface area contributed by atoms with Crippen molar-refractivity contribution in [3.8, 4) is 5.88 Å². The predicted octanol–water partition coefficient (Wildman–Crippen LogP) is 6.15. The van der Waals surface area contributed by atoms with Gasteiger partial charge in [-0.05, 0) is 37.8 Å². The highest BCUT2D eigenvalue weighted by Crippen LogP contribution is 2.34. The summed E-state index contributed by atoms with van der Waals surface area (Å²) in [6, 6.07) is 3.50. The van der Waals surface area contributed by atoms with Crippen LogP contribution in [0.4, 0.5) is 20.3 Å². The highest BCUT2D eigenvalue weighted by atomic mass is 35.5. The van der Waals surface area contributed by atoms with Gasteiger partial charge in [0.2, 0.25) is 5.88 Å². The van der Waals surface area contributed by atoms with Gasteiger partial charge in [-0.1, -0.05) is 53.1 Å². The normalized spacial score (nSPS) is 21.5. The Morgan fingerprint density at radius 1 is 1.09 bits per heavy atom. The van der Waals surface area contributed by atoms with E-state index in [2.05, 4.69) is 22.0 Å². The fraction of sp³-hybridized carbons (Fsp3) is 0.581. The lowest BCUT2D eigenvalue weighted by Crippen LogP contribution is -2.33. The summed E-state index contributed by atoms with van der Waals surface area (Å²) in [6.07, 6.45) is -0.0573. The molecule has 13 heteroatoms. The number of rotatable bonds is 9. The van der Waals surface area contributed by atoms with Crippen LogP contribution in [0.5, 0.6) is 5.88 Å². The molecule has 0 bridgehead atoms. The van der Waals surface area contributed by atoms with Crippen LogP contribution in [0.25, 0.3) is 0 Å². The van der Waals surface area contributed by atoms with Crippen LogP contribution >= 0.6 is 11.6 Å². The topological polar surface area (TPSA) is 115 Å². The third-order valence-corrected chi connectivity index (χ3v) is 7.02. The first-order chi connectivity index (χ1) is 21.4. The molecular weight excluding hydrogens is 598 g/mol. The molecule has 3 aliphatic heterocycles. The van der Waals surface area contributed by atoms with Crippen molar-refractivity contribution in [1.29, 1.82) is 0 Å². The van der Waals surface area contributed by atoms with Crippen LogP contribution in [-0.4, -0.2) is 85.1 Å². The van der Waals surface area contributed by atoms with Crippen molar-refractivity contribution >= 4 is 35.7 Å². The van der Waals surface area contributed by atoms with Crippen LogP contribution < -0.4 is 10.1 Å². The van der Waals surface area contributed by atoms with E-state index in [-0.39, 0.29) is 60.0 Å². The molecule has 4 heterocycles. The number of ether oxygens (including phenoxy) is 4. The second-order valence-electron chi connectivity index (χ2n) is 9.20. The first kappa shape index (κ1) is 37.3. The fourth-order valence-electron chi connectivity index (χ4n) is 4.74. The summed E-state index contributed by atoms with van der Waals surface area (Å²) < 4.78 is 51.8. The first-order valence-corrected chi connectivity index (χ1v) is 15.6. The Balaban J connectivity index is 0.00000106. The SMILES string of the molecule is C=Nc1nc(OCc2c(F)cc(C(=O)N3CCCC3)cc2F)c(Cl)cc1NCO[C@@H]1COC2[C@H](O)CO[C@@H]21.CC.CC.CC. The van der Waals surface area contributed by atoms with Gasteiger partial charge >= 0.3 is 0 Å². The van der Waals surface area contributed by atoms with Crippen molar-refractivity contribution in [2.45, 2.75) is 85.4 Å². The Labute approximate surface area is 263 Å². The minimum atomic E-state index is -0.905. The maximum Gasteiger partial charge on any atom is 0.254 e. The number of hydrogen-bond acceptors (Lipinski definition) is 9. The van der Waals surface area contributed by atoms with Gasteiger partial charge in [0.15, 0.2) is 5.82 Å². The van der Waals surface area contributed by atoms with Crippen LogP contribution in [0.2, 0.25) is 5.02 Å². The summed E-state index contributed by atoms with van der Waals surface area (Å²) >= 11 is 6.30. The van der Waals surface area contributed by atoms with Gasteiger partial charge in [-0.25, -0.2) is 13.8 Å². The standard InChI is InChI=1S/C25H27ClF2N4O6.3C2H6/c1-29-23-18(30-12-38-20-11-36-21-19(33)10-35-22(20)21)8-15(26)24(31-23)37-9-14-16(27)6-13(7-17(14)28)25(34)32-4-2-3-5-32;3*1-2/h6-8,19-22,30,33H,1-5,9-12H2;3*1-2H3/t19-,20-,21?,22-;;;/m1.../s1. The molecule has 1 unspecified atom stereocenters. The summed E-state index contributed by atoms with van der Waals surface area (Å²) in [5.41, 5.74) is -0.0174. The number of benzene rings is 1. The zero-order valence-corrected chi connectivity index (χ0v) is 27.1. The molecule has 0 saturated carbocycles. The molecule has 3 saturated heterocycles. The molecule has 10 nitrogen and oxygen atoms in total. The summed E-state index contributed by atoms with van der Waals surface area (Å²) in [6.45, 7) is 16.6. The number of nitrogens with zero attached hydrogens (tertiary/aromatic N) is 3. The number of carbonyl (C=O) groups is 1. The lowest BCUT2D eigenvalue weighted by Gasteiger charge is -2.18. The molecule has 0 spiro atoms. The number of pyridine rings is 1. The number of nitrogens with one attached hydrogen (secondary N) is 1. The van der Waals surface area contributed by atoms with Gasteiger partial charge in [0.05, 0.1) is 24.5 Å². The van der Waals surface area contributed by atoms with Crippen LogP contribution in [0.1, 0.15) is 70.3 Å². The quantitative estimate of drug-likeness (QED) is 0.247. The number of aliphatic hydroxyl groups excluding tert-OH is 1. The molecule has 246 valence electrons. The van der Waals surface area contributed by atoms with E-state index in [4.69, 9.17) is 30.5 Å². The van der Waals surface area contributed by atoms with Crippen molar-refractivity contribution < 1.29 is 37.6 Å². The summed E-state index contributed by atoms with van der Waals surface area (Å²) in [4.78, 5) is 22.1. The number of hydrogen-bond donors (Lipinski definition) is 2. The fourth-order valence-corrected chi connectivity index (χ4v) is 4.94.